The molecule has 0 spiro atoms. The number of hydrogen-bond acceptors (Lipinski definition) is 3. The maximum Gasteiger partial charge on any atom is 0.404 e. The van der Waals surface area contributed by atoms with E-state index in [4.69, 9.17) is 5.11 Å². The summed E-state index contributed by atoms with van der Waals surface area (Å²) in [5.74, 6) is -0.186. The molecule has 2 aromatic rings. The molecule has 27 heavy (non-hydrogen) atoms. The van der Waals surface area contributed by atoms with Gasteiger partial charge in [-0.15, -0.1) is 0 Å². The highest BCUT2D eigenvalue weighted by molar-refractivity contribution is 5.73. The first-order chi connectivity index (χ1) is 12.9. The van der Waals surface area contributed by atoms with Gasteiger partial charge in [-0.1, -0.05) is 60.7 Å². The second kappa shape index (κ2) is 10.3. The molecule has 0 saturated heterocycles. The van der Waals surface area contributed by atoms with E-state index in [1.165, 1.54) is 6.92 Å². The number of nitrogens with one attached hydrogen (secondary N) is 2. The van der Waals surface area contributed by atoms with E-state index in [0.29, 0.717) is 12.8 Å². The van der Waals surface area contributed by atoms with Crippen LogP contribution < -0.4 is 10.6 Å². The van der Waals surface area contributed by atoms with Crippen LogP contribution in [-0.2, 0) is 17.6 Å². The summed E-state index contributed by atoms with van der Waals surface area (Å²) in [6.07, 6.45) is -0.961. The van der Waals surface area contributed by atoms with Crippen molar-refractivity contribution in [2.75, 3.05) is 0 Å². The molecule has 0 radical (unpaired) electrons. The van der Waals surface area contributed by atoms with Crippen molar-refractivity contribution >= 4 is 12.0 Å². The fraction of sp³-hybridized carbons (Fsp3) is 0.333. The van der Waals surface area contributed by atoms with E-state index in [2.05, 4.69) is 10.6 Å². The quantitative estimate of drug-likeness (QED) is 0.545. The third-order valence-electron chi connectivity index (χ3n) is 4.33. The molecule has 6 nitrogen and oxygen atoms in total. The zero-order valence-electron chi connectivity index (χ0n) is 15.3. The highest BCUT2D eigenvalue weighted by Crippen LogP contribution is 2.14. The molecule has 0 saturated carbocycles. The lowest BCUT2D eigenvalue weighted by atomic mass is 9.93. The number of carboxylic acid groups (broad SMARTS) is 1. The molecule has 0 unspecified atom stereocenters. The van der Waals surface area contributed by atoms with Crippen molar-refractivity contribution in [1.82, 2.24) is 10.6 Å². The fourth-order valence-corrected chi connectivity index (χ4v) is 3.15. The summed E-state index contributed by atoms with van der Waals surface area (Å²) in [5, 5.41) is 25.1. The monoisotopic (exact) mass is 370 g/mol. The summed E-state index contributed by atoms with van der Waals surface area (Å²) in [6.45, 7) is 1.43. The minimum atomic E-state index is -1.19. The zero-order valence-corrected chi connectivity index (χ0v) is 15.3. The number of aliphatic hydroxyl groups excluding tert-OH is 1. The van der Waals surface area contributed by atoms with Crippen LogP contribution in [0.5, 0.6) is 0 Å². The second-order valence-electron chi connectivity index (χ2n) is 6.64. The van der Waals surface area contributed by atoms with Crippen LogP contribution >= 0.6 is 0 Å². The summed E-state index contributed by atoms with van der Waals surface area (Å²) in [5.41, 5.74) is 1.96. The van der Waals surface area contributed by atoms with Gasteiger partial charge >= 0.3 is 6.09 Å². The first kappa shape index (κ1) is 20.5. The molecule has 2 amide bonds. The maximum atomic E-state index is 11.6. The van der Waals surface area contributed by atoms with Crippen molar-refractivity contribution in [2.45, 2.75) is 44.4 Å². The Balaban J connectivity index is 2.08. The Morgan fingerprint density at radius 2 is 1.41 bits per heavy atom. The first-order valence-corrected chi connectivity index (χ1v) is 8.96. The van der Waals surface area contributed by atoms with Gasteiger partial charge in [0.05, 0.1) is 12.1 Å². The van der Waals surface area contributed by atoms with Gasteiger partial charge in [-0.3, -0.25) is 4.79 Å². The molecule has 0 aromatic heterocycles. The molecule has 0 aliphatic heterocycles. The van der Waals surface area contributed by atoms with Gasteiger partial charge in [0.2, 0.25) is 5.91 Å². The highest BCUT2D eigenvalue weighted by atomic mass is 16.4. The molecule has 0 aliphatic carbocycles. The van der Waals surface area contributed by atoms with E-state index in [1.54, 1.807) is 0 Å². The predicted octanol–water partition coefficient (Wildman–Crippen LogP) is 2.36. The van der Waals surface area contributed by atoms with Gasteiger partial charge < -0.3 is 20.8 Å². The minimum absolute atomic E-state index is 0.186. The fourth-order valence-electron chi connectivity index (χ4n) is 3.15. The molecule has 4 N–H and O–H groups in total. The maximum absolute atomic E-state index is 11.6. The lowest BCUT2D eigenvalue weighted by molar-refractivity contribution is -0.119. The van der Waals surface area contributed by atoms with Crippen molar-refractivity contribution < 1.29 is 19.8 Å². The Morgan fingerprint density at radius 3 is 1.89 bits per heavy atom. The SMILES string of the molecule is CC(=O)N[C@@H](Cc1ccccc1)C[C@@H](O)[C@H](Cc1ccccc1)NC(=O)O. The van der Waals surface area contributed by atoms with Crippen molar-refractivity contribution in [2.24, 2.45) is 0 Å². The van der Waals surface area contributed by atoms with Gasteiger partial charge in [0.25, 0.3) is 0 Å². The number of rotatable bonds is 9. The van der Waals surface area contributed by atoms with Gasteiger partial charge in [0.15, 0.2) is 0 Å². The third kappa shape index (κ3) is 7.50. The van der Waals surface area contributed by atoms with Crippen LogP contribution in [0, 0.1) is 0 Å². The van der Waals surface area contributed by atoms with Gasteiger partial charge in [-0.25, -0.2) is 4.79 Å². The lowest BCUT2D eigenvalue weighted by Crippen LogP contribution is -2.48. The molecule has 0 aliphatic rings. The van der Waals surface area contributed by atoms with E-state index in [9.17, 15) is 14.7 Å². The molecule has 0 heterocycles. The number of benzene rings is 2. The van der Waals surface area contributed by atoms with Gasteiger partial charge in [0.1, 0.15) is 0 Å². The van der Waals surface area contributed by atoms with E-state index in [-0.39, 0.29) is 18.4 Å². The van der Waals surface area contributed by atoms with Crippen LogP contribution in [0.4, 0.5) is 4.79 Å². The second-order valence-corrected chi connectivity index (χ2v) is 6.64. The Bertz CT molecular complexity index is 721. The van der Waals surface area contributed by atoms with Crippen molar-refractivity contribution in [3.05, 3.63) is 71.8 Å². The summed E-state index contributed by atoms with van der Waals surface area (Å²) in [7, 11) is 0. The Kier molecular flexibility index (Phi) is 7.82. The van der Waals surface area contributed by atoms with E-state index in [0.717, 1.165) is 11.1 Å². The first-order valence-electron chi connectivity index (χ1n) is 8.96. The number of aliphatic hydroxyl groups is 1. The van der Waals surface area contributed by atoms with Crippen molar-refractivity contribution in [1.29, 1.82) is 0 Å². The average molecular weight is 370 g/mol. The Labute approximate surface area is 159 Å². The molecule has 3 atom stereocenters. The Morgan fingerprint density at radius 1 is 0.889 bits per heavy atom. The standard InChI is InChI=1S/C21H26N2O4/c1-15(24)22-18(12-16-8-4-2-5-9-16)14-20(25)19(23-21(26)27)13-17-10-6-3-7-11-17/h2-11,18-20,23,25H,12-14H2,1H3,(H,22,24)(H,26,27)/t18-,19-,20+/m0/s1. The van der Waals surface area contributed by atoms with Crippen molar-refractivity contribution in [3.63, 3.8) is 0 Å². The van der Waals surface area contributed by atoms with Gasteiger partial charge in [-0.2, -0.15) is 0 Å². The van der Waals surface area contributed by atoms with Crippen LogP contribution in [0.1, 0.15) is 24.5 Å². The summed E-state index contributed by atoms with van der Waals surface area (Å²) < 4.78 is 0. The molecular weight excluding hydrogens is 344 g/mol. The summed E-state index contributed by atoms with van der Waals surface area (Å²) >= 11 is 0. The van der Waals surface area contributed by atoms with Crippen LogP contribution in [-0.4, -0.2) is 40.4 Å². The number of carbonyl (C=O) groups is 2. The smallest absolute Gasteiger partial charge is 0.404 e. The molecule has 2 rings (SSSR count). The highest BCUT2D eigenvalue weighted by Gasteiger charge is 2.25. The normalized spacial score (nSPS) is 14.0. The van der Waals surface area contributed by atoms with E-state index < -0.39 is 18.2 Å². The van der Waals surface area contributed by atoms with Crippen LogP contribution in [0.25, 0.3) is 0 Å². The average Bonchev–Trinajstić information content (AvgIpc) is 2.62. The summed E-state index contributed by atoms with van der Waals surface area (Å²) in [6, 6.07) is 18.1. The summed E-state index contributed by atoms with van der Waals surface area (Å²) in [4.78, 5) is 22.7. The molecule has 144 valence electrons. The van der Waals surface area contributed by atoms with Crippen LogP contribution in [0.2, 0.25) is 0 Å². The van der Waals surface area contributed by atoms with Crippen molar-refractivity contribution in [3.8, 4) is 0 Å². The zero-order chi connectivity index (χ0) is 19.6. The predicted molar refractivity (Wildman–Crippen MR) is 103 cm³/mol. The molecule has 2 aromatic carbocycles. The molecular formula is C21H26N2O4. The van der Waals surface area contributed by atoms with Crippen LogP contribution in [0.15, 0.2) is 60.7 Å². The van der Waals surface area contributed by atoms with Gasteiger partial charge in [0, 0.05) is 13.0 Å². The van der Waals surface area contributed by atoms with E-state index >= 15 is 0 Å². The molecule has 6 heteroatoms. The largest absolute Gasteiger partial charge is 0.465 e. The van der Waals surface area contributed by atoms with Gasteiger partial charge in [-0.05, 0) is 30.4 Å². The van der Waals surface area contributed by atoms with E-state index in [1.807, 2.05) is 60.7 Å². The molecule has 0 fully saturated rings. The van der Waals surface area contributed by atoms with Crippen LogP contribution in [0.3, 0.4) is 0 Å². The number of amides is 2. The molecule has 0 bridgehead atoms. The Hall–Kier alpha value is -2.86. The topological polar surface area (TPSA) is 98.7 Å². The third-order valence-corrected chi connectivity index (χ3v) is 4.33. The lowest BCUT2D eigenvalue weighted by Gasteiger charge is -2.27. The number of hydrogen-bond donors (Lipinski definition) is 4. The minimum Gasteiger partial charge on any atom is -0.465 e. The number of carbonyl (C=O) groups excluding carboxylic acids is 1.